The van der Waals surface area contributed by atoms with E-state index in [2.05, 4.69) is 23.8 Å². The van der Waals surface area contributed by atoms with Crippen LogP contribution in [-0.2, 0) is 0 Å². The van der Waals surface area contributed by atoms with Crippen LogP contribution in [0, 0.1) is 23.0 Å². The number of nitrogens with two attached hydrogens (primary N) is 1. The highest BCUT2D eigenvalue weighted by Gasteiger charge is 2.35. The van der Waals surface area contributed by atoms with Crippen LogP contribution in [0.15, 0.2) is 0 Å². The minimum Gasteiger partial charge on any atom is -0.368 e. The molecule has 0 radical (unpaired) electrons. The van der Waals surface area contributed by atoms with Crippen molar-refractivity contribution in [1.82, 2.24) is 9.97 Å². The number of rotatable bonds is 6. The Bertz CT molecular complexity index is 514. The van der Waals surface area contributed by atoms with E-state index in [9.17, 15) is 10.1 Å². The first-order valence-corrected chi connectivity index (χ1v) is 6.95. The van der Waals surface area contributed by atoms with Gasteiger partial charge in [-0.05, 0) is 32.1 Å². The van der Waals surface area contributed by atoms with Gasteiger partial charge in [0.1, 0.15) is 5.69 Å². The van der Waals surface area contributed by atoms with Gasteiger partial charge < -0.3 is 10.6 Å². The molecule has 7 heteroatoms. The Hall–Kier alpha value is -1.92. The summed E-state index contributed by atoms with van der Waals surface area (Å²) in [4.78, 5) is 21.0. The molecule has 1 aromatic heterocycles. The van der Waals surface area contributed by atoms with Crippen molar-refractivity contribution in [3.05, 3.63) is 15.8 Å². The molecular formula is C13H21N5O2. The normalized spacial score (nSPS) is 14.6. The highest BCUT2D eigenvalue weighted by atomic mass is 16.6. The number of aromatic nitrogens is 2. The van der Waals surface area contributed by atoms with Gasteiger partial charge in [0.05, 0.1) is 4.92 Å². The Kier molecular flexibility index (Phi) is 4.06. The molecule has 0 saturated heterocycles. The van der Waals surface area contributed by atoms with E-state index in [1.165, 1.54) is 0 Å². The van der Waals surface area contributed by atoms with E-state index in [4.69, 9.17) is 5.73 Å². The van der Waals surface area contributed by atoms with E-state index in [1.807, 2.05) is 4.90 Å². The summed E-state index contributed by atoms with van der Waals surface area (Å²) in [7, 11) is 0. The predicted molar refractivity (Wildman–Crippen MR) is 77.7 cm³/mol. The molecule has 1 saturated carbocycles. The van der Waals surface area contributed by atoms with Gasteiger partial charge in [0.15, 0.2) is 0 Å². The first-order chi connectivity index (χ1) is 9.40. The van der Waals surface area contributed by atoms with E-state index in [-0.39, 0.29) is 11.6 Å². The summed E-state index contributed by atoms with van der Waals surface area (Å²) >= 11 is 0. The smallest absolute Gasteiger partial charge is 0.332 e. The summed E-state index contributed by atoms with van der Waals surface area (Å²) in [6.45, 7) is 6.64. The van der Waals surface area contributed by atoms with Crippen molar-refractivity contribution >= 4 is 17.5 Å². The molecule has 0 unspecified atom stereocenters. The third-order valence-electron chi connectivity index (χ3n) is 3.45. The number of hydrogen-bond donors (Lipinski definition) is 1. The average Bonchev–Trinajstić information content (AvgIpc) is 3.11. The zero-order valence-electron chi connectivity index (χ0n) is 12.2. The Balaban J connectivity index is 2.38. The van der Waals surface area contributed by atoms with Crippen molar-refractivity contribution in [3.63, 3.8) is 0 Å². The van der Waals surface area contributed by atoms with Crippen LogP contribution in [-0.4, -0.2) is 27.5 Å². The third kappa shape index (κ3) is 3.15. The van der Waals surface area contributed by atoms with Crippen molar-refractivity contribution in [3.8, 4) is 0 Å². The lowest BCUT2D eigenvalue weighted by Crippen LogP contribution is -2.30. The number of anilines is 2. The predicted octanol–water partition coefficient (Wildman–Crippen LogP) is 2.29. The van der Waals surface area contributed by atoms with Crippen LogP contribution in [0.5, 0.6) is 0 Å². The molecule has 1 heterocycles. The molecule has 0 aromatic carbocycles. The summed E-state index contributed by atoms with van der Waals surface area (Å²) in [5, 5.41) is 11.3. The van der Waals surface area contributed by atoms with Gasteiger partial charge in [-0.3, -0.25) is 10.1 Å². The lowest BCUT2D eigenvalue weighted by molar-refractivity contribution is -0.385. The van der Waals surface area contributed by atoms with Crippen LogP contribution in [0.2, 0.25) is 0 Å². The zero-order chi connectivity index (χ0) is 14.9. The maximum atomic E-state index is 11.3. The van der Waals surface area contributed by atoms with Crippen LogP contribution < -0.4 is 10.6 Å². The molecule has 1 aromatic rings. The number of aryl methyl sites for hydroxylation is 1. The Labute approximate surface area is 118 Å². The van der Waals surface area contributed by atoms with E-state index < -0.39 is 4.92 Å². The molecule has 2 N–H and O–H groups in total. The van der Waals surface area contributed by atoms with Crippen molar-refractivity contribution in [1.29, 1.82) is 0 Å². The molecule has 0 aliphatic heterocycles. The molecule has 0 atom stereocenters. The summed E-state index contributed by atoms with van der Waals surface area (Å²) in [6, 6.07) is 0.348. The topological polar surface area (TPSA) is 98.2 Å². The maximum absolute atomic E-state index is 11.3. The fourth-order valence-corrected chi connectivity index (χ4v) is 2.23. The minimum absolute atomic E-state index is 0.0187. The fraction of sp³-hybridized carbons (Fsp3) is 0.692. The minimum atomic E-state index is -0.408. The van der Waals surface area contributed by atoms with Crippen molar-refractivity contribution in [2.75, 3.05) is 17.2 Å². The first-order valence-electron chi connectivity index (χ1n) is 6.95. The highest BCUT2D eigenvalue weighted by molar-refractivity contribution is 5.63. The van der Waals surface area contributed by atoms with E-state index in [0.717, 1.165) is 25.8 Å². The number of nitrogens with zero attached hydrogens (tertiary/aromatic N) is 4. The second kappa shape index (κ2) is 5.60. The maximum Gasteiger partial charge on any atom is 0.332 e. The number of nitro groups is 1. The van der Waals surface area contributed by atoms with Gasteiger partial charge in [0.2, 0.25) is 11.8 Å². The molecule has 110 valence electrons. The van der Waals surface area contributed by atoms with E-state index >= 15 is 0 Å². The third-order valence-corrected chi connectivity index (χ3v) is 3.45. The Morgan fingerprint density at radius 1 is 1.45 bits per heavy atom. The average molecular weight is 279 g/mol. The summed E-state index contributed by atoms with van der Waals surface area (Å²) in [5.41, 5.74) is 5.98. The molecule has 0 bridgehead atoms. The van der Waals surface area contributed by atoms with E-state index in [0.29, 0.717) is 23.5 Å². The zero-order valence-corrected chi connectivity index (χ0v) is 12.2. The Morgan fingerprint density at radius 2 is 2.10 bits per heavy atom. The Morgan fingerprint density at radius 3 is 2.60 bits per heavy atom. The highest BCUT2D eigenvalue weighted by Crippen LogP contribution is 2.37. The summed E-state index contributed by atoms with van der Waals surface area (Å²) in [6.07, 6.45) is 3.08. The summed E-state index contributed by atoms with van der Waals surface area (Å²) in [5.74, 6) is 1.01. The van der Waals surface area contributed by atoms with Crippen LogP contribution in [0.25, 0.3) is 0 Å². The van der Waals surface area contributed by atoms with Gasteiger partial charge in [-0.15, -0.1) is 0 Å². The van der Waals surface area contributed by atoms with Gasteiger partial charge >= 0.3 is 5.69 Å². The van der Waals surface area contributed by atoms with Gasteiger partial charge in [0.25, 0.3) is 0 Å². The molecule has 20 heavy (non-hydrogen) atoms. The van der Waals surface area contributed by atoms with Crippen LogP contribution >= 0.6 is 0 Å². The lowest BCUT2D eigenvalue weighted by Gasteiger charge is -2.24. The fourth-order valence-electron chi connectivity index (χ4n) is 2.23. The molecule has 1 aliphatic rings. The number of hydrogen-bond acceptors (Lipinski definition) is 6. The quantitative estimate of drug-likeness (QED) is 0.633. The first kappa shape index (κ1) is 14.5. The molecular weight excluding hydrogens is 258 g/mol. The molecule has 0 spiro atoms. The van der Waals surface area contributed by atoms with Gasteiger partial charge in [0, 0.05) is 12.6 Å². The SMILES string of the molecule is Cc1nc(N)nc(N(CCC(C)C)C2CC2)c1[N+](=O)[O-]. The largest absolute Gasteiger partial charge is 0.368 e. The van der Waals surface area contributed by atoms with Gasteiger partial charge in [-0.2, -0.15) is 4.98 Å². The van der Waals surface area contributed by atoms with Crippen LogP contribution in [0.3, 0.4) is 0 Å². The second-order valence-electron chi connectivity index (χ2n) is 5.70. The standard InChI is InChI=1S/C13H21N5O2/c1-8(2)6-7-17(10-4-5-10)12-11(18(19)20)9(3)15-13(14)16-12/h8,10H,4-7H2,1-3H3,(H2,14,15,16). The van der Waals surface area contributed by atoms with Crippen molar-refractivity contribution in [2.24, 2.45) is 5.92 Å². The molecule has 2 rings (SSSR count). The molecule has 7 nitrogen and oxygen atoms in total. The molecule has 1 aliphatic carbocycles. The van der Waals surface area contributed by atoms with Gasteiger partial charge in [-0.25, -0.2) is 4.98 Å². The van der Waals surface area contributed by atoms with Crippen molar-refractivity contribution in [2.45, 2.75) is 46.1 Å². The van der Waals surface area contributed by atoms with Crippen LogP contribution in [0.4, 0.5) is 17.5 Å². The van der Waals surface area contributed by atoms with Crippen molar-refractivity contribution < 1.29 is 4.92 Å². The lowest BCUT2D eigenvalue weighted by atomic mass is 10.1. The molecule has 1 fully saturated rings. The van der Waals surface area contributed by atoms with Gasteiger partial charge in [-0.1, -0.05) is 13.8 Å². The molecule has 0 amide bonds. The summed E-state index contributed by atoms with van der Waals surface area (Å²) < 4.78 is 0. The van der Waals surface area contributed by atoms with E-state index in [1.54, 1.807) is 6.92 Å². The van der Waals surface area contributed by atoms with Crippen LogP contribution in [0.1, 0.15) is 38.8 Å². The number of nitrogen functional groups attached to an aromatic ring is 1. The monoisotopic (exact) mass is 279 g/mol. The second-order valence-corrected chi connectivity index (χ2v) is 5.70.